The Morgan fingerprint density at radius 1 is 1.33 bits per heavy atom. The molecule has 1 aromatic rings. The minimum Gasteiger partial charge on any atom is -0.479 e. The topological polar surface area (TPSA) is 100 Å². The zero-order chi connectivity index (χ0) is 15.8. The summed E-state index contributed by atoms with van der Waals surface area (Å²) < 4.78 is 10.2. The molecule has 1 aromatic carbocycles. The van der Waals surface area contributed by atoms with Gasteiger partial charge in [0.25, 0.3) is 0 Å². The highest BCUT2D eigenvalue weighted by Crippen LogP contribution is 2.11. The number of para-hydroxylation sites is 1. The molecule has 0 radical (unpaired) electrons. The van der Waals surface area contributed by atoms with Crippen LogP contribution in [0.5, 0.6) is 5.75 Å². The molecule has 6 heteroatoms. The SMILES string of the molecule is CC(=N)[C@@H](C#N)C(=O)COC(=O)[C@H](C)Oc1ccccc1. The predicted molar refractivity (Wildman–Crippen MR) is 75.0 cm³/mol. The molecule has 0 unspecified atom stereocenters. The van der Waals surface area contributed by atoms with Gasteiger partial charge in [-0.3, -0.25) is 4.79 Å². The summed E-state index contributed by atoms with van der Waals surface area (Å²) in [5.74, 6) is -1.99. The maximum Gasteiger partial charge on any atom is 0.347 e. The largest absolute Gasteiger partial charge is 0.479 e. The molecule has 1 rings (SSSR count). The van der Waals surface area contributed by atoms with Gasteiger partial charge in [0.2, 0.25) is 0 Å². The molecule has 0 amide bonds. The molecular weight excluding hydrogens is 272 g/mol. The van der Waals surface area contributed by atoms with E-state index in [0.29, 0.717) is 5.75 Å². The van der Waals surface area contributed by atoms with Gasteiger partial charge in [0.1, 0.15) is 11.7 Å². The molecule has 21 heavy (non-hydrogen) atoms. The third-order valence-electron chi connectivity index (χ3n) is 2.63. The van der Waals surface area contributed by atoms with Crippen LogP contribution in [-0.2, 0) is 14.3 Å². The molecule has 0 heterocycles. The van der Waals surface area contributed by atoms with Gasteiger partial charge in [-0.05, 0) is 26.0 Å². The first kappa shape index (κ1) is 16.4. The third-order valence-corrected chi connectivity index (χ3v) is 2.63. The third kappa shape index (κ3) is 5.07. The maximum absolute atomic E-state index is 11.7. The van der Waals surface area contributed by atoms with E-state index in [4.69, 9.17) is 20.1 Å². The molecule has 0 saturated carbocycles. The molecule has 6 nitrogen and oxygen atoms in total. The summed E-state index contributed by atoms with van der Waals surface area (Å²) in [5, 5.41) is 16.1. The average molecular weight is 288 g/mol. The Labute approximate surface area is 122 Å². The number of hydrogen-bond donors (Lipinski definition) is 1. The fourth-order valence-corrected chi connectivity index (χ4v) is 1.50. The Kier molecular flexibility index (Phi) is 6.08. The lowest BCUT2D eigenvalue weighted by Gasteiger charge is -2.14. The highest BCUT2D eigenvalue weighted by molar-refractivity contribution is 6.06. The van der Waals surface area contributed by atoms with Gasteiger partial charge in [0, 0.05) is 5.71 Å². The summed E-state index contributed by atoms with van der Waals surface area (Å²) in [6.07, 6.45) is -0.873. The van der Waals surface area contributed by atoms with E-state index in [1.54, 1.807) is 30.3 Å². The summed E-state index contributed by atoms with van der Waals surface area (Å²) in [6.45, 7) is 2.31. The number of ether oxygens (including phenoxy) is 2. The second kappa shape index (κ2) is 7.80. The van der Waals surface area contributed by atoms with Crippen molar-refractivity contribution in [2.75, 3.05) is 6.61 Å². The first-order valence-electron chi connectivity index (χ1n) is 6.31. The van der Waals surface area contributed by atoms with E-state index >= 15 is 0 Å². The number of Topliss-reactive ketones (excluding diaryl/α,β-unsaturated/α-hetero) is 1. The number of nitrogens with zero attached hydrogens (tertiary/aromatic N) is 1. The number of carbonyl (C=O) groups excluding carboxylic acids is 2. The Morgan fingerprint density at radius 2 is 1.95 bits per heavy atom. The van der Waals surface area contributed by atoms with Gasteiger partial charge in [-0.15, -0.1) is 0 Å². The van der Waals surface area contributed by atoms with Crippen LogP contribution < -0.4 is 4.74 Å². The number of rotatable bonds is 7. The van der Waals surface area contributed by atoms with Gasteiger partial charge >= 0.3 is 5.97 Å². The van der Waals surface area contributed by atoms with Crippen LogP contribution in [0, 0.1) is 22.7 Å². The lowest BCUT2D eigenvalue weighted by atomic mass is 10.0. The fraction of sp³-hybridized carbons (Fsp3) is 0.333. The molecule has 0 aliphatic carbocycles. The second-order valence-corrected chi connectivity index (χ2v) is 4.39. The van der Waals surface area contributed by atoms with Crippen LogP contribution in [0.4, 0.5) is 0 Å². The maximum atomic E-state index is 11.7. The zero-order valence-electron chi connectivity index (χ0n) is 11.8. The monoisotopic (exact) mass is 288 g/mol. The van der Waals surface area contributed by atoms with Crippen molar-refractivity contribution in [2.24, 2.45) is 5.92 Å². The number of esters is 1. The van der Waals surface area contributed by atoms with Crippen LogP contribution >= 0.6 is 0 Å². The standard InChI is InChI=1S/C15H16N2O4/c1-10(17)13(8-16)14(18)9-20-15(19)11(2)21-12-6-4-3-5-7-12/h3-7,11,13,17H,9H2,1-2H3/t11-,13+/m0/s1. The highest BCUT2D eigenvalue weighted by atomic mass is 16.6. The summed E-state index contributed by atoms with van der Waals surface area (Å²) >= 11 is 0. The van der Waals surface area contributed by atoms with Crippen molar-refractivity contribution in [3.63, 3.8) is 0 Å². The van der Waals surface area contributed by atoms with Crippen LogP contribution in [0.25, 0.3) is 0 Å². The van der Waals surface area contributed by atoms with Crippen LogP contribution in [0.3, 0.4) is 0 Å². The van der Waals surface area contributed by atoms with Gasteiger partial charge in [0.15, 0.2) is 18.5 Å². The van der Waals surface area contributed by atoms with Crippen molar-refractivity contribution in [3.8, 4) is 11.8 Å². The number of nitrogens with one attached hydrogen (secondary N) is 1. The number of ketones is 1. The van der Waals surface area contributed by atoms with E-state index in [9.17, 15) is 9.59 Å². The normalized spacial score (nSPS) is 12.6. The van der Waals surface area contributed by atoms with Gasteiger partial charge in [0.05, 0.1) is 6.07 Å². The number of benzene rings is 1. The summed E-state index contributed by atoms with van der Waals surface area (Å²) in [7, 11) is 0. The Morgan fingerprint density at radius 3 is 2.48 bits per heavy atom. The first-order valence-corrected chi connectivity index (χ1v) is 6.31. The molecule has 110 valence electrons. The highest BCUT2D eigenvalue weighted by Gasteiger charge is 2.23. The quantitative estimate of drug-likeness (QED) is 0.608. The number of nitriles is 1. The van der Waals surface area contributed by atoms with E-state index < -0.39 is 30.4 Å². The van der Waals surface area contributed by atoms with Gasteiger partial charge in [-0.1, -0.05) is 18.2 Å². The van der Waals surface area contributed by atoms with Crippen molar-refractivity contribution in [2.45, 2.75) is 20.0 Å². The van der Waals surface area contributed by atoms with E-state index in [-0.39, 0.29) is 5.71 Å². The van der Waals surface area contributed by atoms with Gasteiger partial charge < -0.3 is 14.9 Å². The Bertz CT molecular complexity index is 563. The molecule has 0 spiro atoms. The summed E-state index contributed by atoms with van der Waals surface area (Å²) in [4.78, 5) is 23.3. The molecule has 0 aliphatic heterocycles. The lowest BCUT2D eigenvalue weighted by molar-refractivity contribution is -0.154. The fourth-order valence-electron chi connectivity index (χ4n) is 1.50. The molecule has 0 bridgehead atoms. The van der Waals surface area contributed by atoms with Crippen LogP contribution in [0.2, 0.25) is 0 Å². The van der Waals surface area contributed by atoms with Gasteiger partial charge in [-0.25, -0.2) is 4.79 Å². The number of hydrogen-bond acceptors (Lipinski definition) is 6. The Balaban J connectivity index is 2.48. The number of carbonyl (C=O) groups is 2. The molecule has 2 atom stereocenters. The molecule has 0 saturated heterocycles. The van der Waals surface area contributed by atoms with Crippen molar-refractivity contribution < 1.29 is 19.1 Å². The lowest BCUT2D eigenvalue weighted by Crippen LogP contribution is -2.31. The minimum atomic E-state index is -1.18. The van der Waals surface area contributed by atoms with Gasteiger partial charge in [-0.2, -0.15) is 5.26 Å². The molecule has 0 aromatic heterocycles. The average Bonchev–Trinajstić information content (AvgIpc) is 2.46. The van der Waals surface area contributed by atoms with Crippen molar-refractivity contribution in [1.82, 2.24) is 0 Å². The minimum absolute atomic E-state index is 0.0767. The smallest absolute Gasteiger partial charge is 0.347 e. The zero-order valence-corrected chi connectivity index (χ0v) is 11.8. The molecule has 0 fully saturated rings. The molecule has 1 N–H and O–H groups in total. The van der Waals surface area contributed by atoms with E-state index in [1.807, 2.05) is 6.07 Å². The van der Waals surface area contributed by atoms with E-state index in [0.717, 1.165) is 0 Å². The second-order valence-electron chi connectivity index (χ2n) is 4.39. The van der Waals surface area contributed by atoms with E-state index in [2.05, 4.69) is 0 Å². The van der Waals surface area contributed by atoms with E-state index in [1.165, 1.54) is 13.8 Å². The summed E-state index contributed by atoms with van der Waals surface area (Å²) in [6, 6.07) is 10.4. The molecular formula is C15H16N2O4. The van der Waals surface area contributed by atoms with Crippen LogP contribution in [0.1, 0.15) is 13.8 Å². The molecule has 0 aliphatic rings. The van der Waals surface area contributed by atoms with Crippen LogP contribution in [0.15, 0.2) is 30.3 Å². The first-order chi connectivity index (χ1) is 9.95. The predicted octanol–water partition coefficient (Wildman–Crippen LogP) is 1.75. The Hall–Kier alpha value is -2.68. The van der Waals surface area contributed by atoms with Crippen LogP contribution in [-0.4, -0.2) is 30.2 Å². The van der Waals surface area contributed by atoms with Crippen molar-refractivity contribution in [1.29, 1.82) is 10.7 Å². The van der Waals surface area contributed by atoms with Crippen molar-refractivity contribution in [3.05, 3.63) is 30.3 Å². The van der Waals surface area contributed by atoms with Crippen molar-refractivity contribution >= 4 is 17.5 Å². The summed E-state index contributed by atoms with van der Waals surface area (Å²) in [5.41, 5.74) is -0.0767.